The van der Waals surface area contributed by atoms with Crippen molar-refractivity contribution in [3.63, 3.8) is 0 Å². The van der Waals surface area contributed by atoms with Gasteiger partial charge in [0.05, 0.1) is 4.99 Å². The van der Waals surface area contributed by atoms with Gasteiger partial charge in [-0.05, 0) is 11.6 Å². The van der Waals surface area contributed by atoms with E-state index in [-0.39, 0.29) is 5.91 Å². The quantitative estimate of drug-likeness (QED) is 0.788. The number of nitrogens with one attached hydrogen (secondary N) is 1. The molecule has 2 N–H and O–H groups in total. The van der Waals surface area contributed by atoms with Crippen LogP contribution in [0.3, 0.4) is 0 Å². The number of rotatable bonds is 3. The first-order chi connectivity index (χ1) is 8.52. The number of benzene rings is 1. The molecule has 94 valence electrons. The van der Waals surface area contributed by atoms with Crippen LogP contribution in [-0.2, 0) is 9.59 Å². The minimum Gasteiger partial charge on any atom is -0.480 e. The first kappa shape index (κ1) is 12.5. The molecule has 1 aliphatic heterocycles. The Morgan fingerprint density at radius 3 is 2.78 bits per heavy atom. The van der Waals surface area contributed by atoms with E-state index in [4.69, 9.17) is 17.3 Å². The van der Waals surface area contributed by atoms with Crippen LogP contribution in [0, 0.1) is 0 Å². The zero-order valence-corrected chi connectivity index (χ0v) is 10.5. The fourth-order valence-electron chi connectivity index (χ4n) is 2.00. The Bertz CT molecular complexity index is 530. The van der Waals surface area contributed by atoms with Crippen LogP contribution in [0.25, 0.3) is 0 Å². The highest BCUT2D eigenvalue weighted by molar-refractivity contribution is 7.80. The molecule has 1 heterocycles. The fourth-order valence-corrected chi connectivity index (χ4v) is 2.33. The van der Waals surface area contributed by atoms with Gasteiger partial charge in [0.25, 0.3) is 0 Å². The zero-order valence-electron chi connectivity index (χ0n) is 9.71. The van der Waals surface area contributed by atoms with Gasteiger partial charge < -0.3 is 15.3 Å². The van der Waals surface area contributed by atoms with E-state index in [1.54, 1.807) is 11.9 Å². The van der Waals surface area contributed by atoms with E-state index in [0.717, 1.165) is 11.3 Å². The van der Waals surface area contributed by atoms with Crippen LogP contribution in [0.1, 0.15) is 11.5 Å². The van der Waals surface area contributed by atoms with Crippen LogP contribution in [0.5, 0.6) is 0 Å². The number of para-hydroxylation sites is 1. The van der Waals surface area contributed by atoms with E-state index in [0.29, 0.717) is 4.99 Å². The lowest BCUT2D eigenvalue weighted by Crippen LogP contribution is -2.37. The molecule has 0 radical (unpaired) electrons. The number of carboxylic acids is 1. The van der Waals surface area contributed by atoms with E-state index in [1.165, 1.54) is 0 Å². The van der Waals surface area contributed by atoms with Crippen LogP contribution < -0.4 is 10.2 Å². The summed E-state index contributed by atoms with van der Waals surface area (Å²) in [5.41, 5.74) is 1.70. The van der Waals surface area contributed by atoms with Crippen molar-refractivity contribution < 1.29 is 14.7 Å². The van der Waals surface area contributed by atoms with Crippen molar-refractivity contribution in [1.82, 2.24) is 5.32 Å². The van der Waals surface area contributed by atoms with Gasteiger partial charge in [0.15, 0.2) is 0 Å². The van der Waals surface area contributed by atoms with Crippen molar-refractivity contribution in [1.29, 1.82) is 0 Å². The van der Waals surface area contributed by atoms with Crippen LogP contribution in [-0.4, -0.2) is 35.6 Å². The summed E-state index contributed by atoms with van der Waals surface area (Å²) in [7, 11) is 1.80. The highest BCUT2D eigenvalue weighted by Gasteiger charge is 2.36. The lowest BCUT2D eigenvalue weighted by atomic mass is 10.0. The first-order valence-electron chi connectivity index (χ1n) is 5.38. The number of anilines is 1. The van der Waals surface area contributed by atoms with Gasteiger partial charge >= 0.3 is 5.97 Å². The molecular formula is C12H12N2O3S. The molecule has 1 unspecified atom stereocenters. The summed E-state index contributed by atoms with van der Waals surface area (Å²) in [6.45, 7) is -0.399. The molecule has 1 aromatic carbocycles. The average Bonchev–Trinajstić information content (AvgIpc) is 2.60. The van der Waals surface area contributed by atoms with Gasteiger partial charge in [0.2, 0.25) is 5.91 Å². The summed E-state index contributed by atoms with van der Waals surface area (Å²) in [5.74, 6) is -2.03. The van der Waals surface area contributed by atoms with Crippen molar-refractivity contribution in [2.75, 3.05) is 18.5 Å². The Hall–Kier alpha value is -1.95. The van der Waals surface area contributed by atoms with Gasteiger partial charge in [0.1, 0.15) is 12.5 Å². The summed E-state index contributed by atoms with van der Waals surface area (Å²) in [6, 6.07) is 7.41. The second-order valence-corrected chi connectivity index (χ2v) is 4.42. The van der Waals surface area contributed by atoms with E-state index < -0.39 is 18.4 Å². The first-order valence-corrected chi connectivity index (χ1v) is 5.79. The Morgan fingerprint density at radius 2 is 2.11 bits per heavy atom. The number of nitrogens with zero attached hydrogens (tertiary/aromatic N) is 1. The normalized spacial score (nSPS) is 17.5. The monoisotopic (exact) mass is 264 g/mol. The molecule has 5 nitrogen and oxygen atoms in total. The van der Waals surface area contributed by atoms with Crippen molar-refractivity contribution in [3.05, 3.63) is 29.8 Å². The van der Waals surface area contributed by atoms with Crippen LogP contribution >= 0.6 is 12.2 Å². The third kappa shape index (κ3) is 2.06. The molecule has 0 fully saturated rings. The van der Waals surface area contributed by atoms with Gasteiger partial charge in [-0.2, -0.15) is 0 Å². The standard InChI is InChI=1S/C12H12N2O3S/c1-14-8-5-3-2-4-7(8)10(12(14)18)11(17)13-6-9(15)16/h2-5,10H,6H2,1H3,(H,13,17)(H,15,16). The molecule has 1 aromatic rings. The number of fused-ring (bicyclic) bond motifs is 1. The molecule has 0 aromatic heterocycles. The molecule has 18 heavy (non-hydrogen) atoms. The topological polar surface area (TPSA) is 69.6 Å². The second-order valence-electron chi connectivity index (χ2n) is 4.00. The highest BCUT2D eigenvalue weighted by atomic mass is 32.1. The summed E-state index contributed by atoms with van der Waals surface area (Å²) in [6.07, 6.45) is 0. The number of hydrogen-bond acceptors (Lipinski definition) is 3. The summed E-state index contributed by atoms with van der Waals surface area (Å²) < 4.78 is 0. The van der Waals surface area contributed by atoms with Crippen LogP contribution in [0.2, 0.25) is 0 Å². The fraction of sp³-hybridized carbons (Fsp3) is 0.250. The molecule has 0 bridgehead atoms. The minimum absolute atomic E-state index is 0.376. The molecule has 0 aliphatic carbocycles. The number of carboxylic acid groups (broad SMARTS) is 1. The maximum atomic E-state index is 12.0. The van der Waals surface area contributed by atoms with Gasteiger partial charge in [-0.3, -0.25) is 9.59 Å². The molecular weight excluding hydrogens is 252 g/mol. The molecule has 1 amide bonds. The van der Waals surface area contributed by atoms with Crippen molar-refractivity contribution in [2.24, 2.45) is 0 Å². The molecule has 1 aliphatic rings. The largest absolute Gasteiger partial charge is 0.480 e. The van der Waals surface area contributed by atoms with Gasteiger partial charge in [-0.25, -0.2) is 0 Å². The van der Waals surface area contributed by atoms with E-state index in [9.17, 15) is 9.59 Å². The maximum absolute atomic E-state index is 12.0. The van der Waals surface area contributed by atoms with Crippen molar-refractivity contribution in [2.45, 2.75) is 5.92 Å². The Morgan fingerprint density at radius 1 is 1.44 bits per heavy atom. The summed E-state index contributed by atoms with van der Waals surface area (Å²) in [5, 5.41) is 10.9. The number of thiocarbonyl (C=S) groups is 1. The molecule has 0 saturated heterocycles. The number of likely N-dealkylation sites (N-methyl/N-ethyl adjacent to an activating group) is 1. The smallest absolute Gasteiger partial charge is 0.322 e. The van der Waals surface area contributed by atoms with Gasteiger partial charge in [0, 0.05) is 12.7 Å². The van der Waals surface area contributed by atoms with Gasteiger partial charge in [-0.1, -0.05) is 30.4 Å². The maximum Gasteiger partial charge on any atom is 0.322 e. The van der Waals surface area contributed by atoms with Crippen LogP contribution in [0.4, 0.5) is 5.69 Å². The van der Waals surface area contributed by atoms with Crippen LogP contribution in [0.15, 0.2) is 24.3 Å². The second kappa shape index (κ2) is 4.73. The average molecular weight is 264 g/mol. The number of carbonyl (C=O) groups excluding carboxylic acids is 1. The van der Waals surface area contributed by atoms with Crippen molar-refractivity contribution in [3.8, 4) is 0 Å². The highest BCUT2D eigenvalue weighted by Crippen LogP contribution is 2.36. The lowest BCUT2D eigenvalue weighted by Gasteiger charge is -2.14. The Labute approximate surface area is 109 Å². The summed E-state index contributed by atoms with van der Waals surface area (Å²) >= 11 is 5.24. The van der Waals surface area contributed by atoms with Crippen molar-refractivity contribution >= 4 is 34.8 Å². The molecule has 2 rings (SSSR count). The molecule has 0 saturated carbocycles. The predicted octanol–water partition coefficient (Wildman–Crippen LogP) is 0.748. The van der Waals surface area contributed by atoms with E-state index >= 15 is 0 Å². The van der Waals surface area contributed by atoms with Gasteiger partial charge in [-0.15, -0.1) is 0 Å². The molecule has 1 atom stereocenters. The third-order valence-corrected chi connectivity index (χ3v) is 3.37. The lowest BCUT2D eigenvalue weighted by molar-refractivity contribution is -0.137. The number of aliphatic carboxylic acids is 1. The summed E-state index contributed by atoms with van der Waals surface area (Å²) in [4.78, 5) is 24.7. The Balaban J connectivity index is 2.26. The number of hydrogen-bond donors (Lipinski definition) is 2. The minimum atomic E-state index is -1.08. The SMILES string of the molecule is CN1C(=S)C(C(=O)NCC(=O)O)c2ccccc21. The third-order valence-electron chi connectivity index (χ3n) is 2.86. The van der Waals surface area contributed by atoms with E-state index in [1.807, 2.05) is 24.3 Å². The zero-order chi connectivity index (χ0) is 13.3. The van der Waals surface area contributed by atoms with E-state index in [2.05, 4.69) is 5.32 Å². The predicted molar refractivity (Wildman–Crippen MR) is 70.8 cm³/mol. The number of amides is 1. The Kier molecular flexibility index (Phi) is 3.29. The number of carbonyl (C=O) groups is 2. The molecule has 0 spiro atoms. The molecule has 6 heteroatoms.